The summed E-state index contributed by atoms with van der Waals surface area (Å²) in [6, 6.07) is 16.8. The van der Waals surface area contributed by atoms with Gasteiger partial charge in [-0.25, -0.2) is 24.0 Å². The highest BCUT2D eigenvalue weighted by molar-refractivity contribution is 7.80. The lowest BCUT2D eigenvalue weighted by molar-refractivity contribution is -0.142. The molecule has 78 heavy (non-hydrogen) atoms. The maximum Gasteiger partial charge on any atom is 0.336 e. The van der Waals surface area contributed by atoms with Crippen LogP contribution in [0, 0.1) is 0 Å². The Hall–Kier alpha value is -8.66. The van der Waals surface area contributed by atoms with Crippen LogP contribution in [0.5, 0.6) is 5.75 Å². The highest BCUT2D eigenvalue weighted by atomic mass is 32.1. The van der Waals surface area contributed by atoms with Gasteiger partial charge in [0.25, 0.3) is 0 Å². The van der Waals surface area contributed by atoms with Crippen molar-refractivity contribution in [3.63, 3.8) is 0 Å². The fourth-order valence-electron chi connectivity index (χ4n) is 9.14. The Morgan fingerprint density at radius 3 is 1.65 bits per heavy atom. The summed E-state index contributed by atoms with van der Waals surface area (Å²) < 4.78 is 6.64. The van der Waals surface area contributed by atoms with Gasteiger partial charge in [0.05, 0.1) is 10.6 Å². The molecule has 0 spiro atoms. The van der Waals surface area contributed by atoms with Crippen LogP contribution in [-0.4, -0.2) is 115 Å². The second-order valence-corrected chi connectivity index (χ2v) is 19.4. The van der Waals surface area contributed by atoms with Crippen LogP contribution in [0.3, 0.4) is 0 Å². The summed E-state index contributed by atoms with van der Waals surface area (Å²) in [4.78, 5) is 109. The van der Waals surface area contributed by atoms with E-state index >= 15 is 0 Å². The van der Waals surface area contributed by atoms with Crippen LogP contribution < -0.4 is 32.0 Å². The van der Waals surface area contributed by atoms with Gasteiger partial charge in [0.1, 0.15) is 35.0 Å². The zero-order valence-corrected chi connectivity index (χ0v) is 43.2. The van der Waals surface area contributed by atoms with Gasteiger partial charge in [0, 0.05) is 65.9 Å². The van der Waals surface area contributed by atoms with Crippen molar-refractivity contribution in [3.8, 4) is 16.9 Å². The zero-order valence-electron chi connectivity index (χ0n) is 42.4. The van der Waals surface area contributed by atoms with Crippen molar-refractivity contribution in [2.24, 2.45) is 0 Å². The Kier molecular flexibility index (Phi) is 21.0. The molecule has 1 unspecified atom stereocenters. The van der Waals surface area contributed by atoms with Gasteiger partial charge >= 0.3 is 35.9 Å². The third-order valence-electron chi connectivity index (χ3n) is 13.1. The SMILES string of the molecule is O=C(O)CC[C@H](NC(=O)N[C@@H](CCCCNC(=O)CCCCCCC(=O)NC(CCCCNC(=S)Cc1ccc(C(=O)O)c(-c2c3ccc4cc(O)ccc4c3oc3c2ccc2cc(=O)ccc23)c1)C(=O)O)C(=O)O)C(=O)O. The number of benzene rings is 5. The average molecular weight is 1090 g/mol. The number of rotatable bonds is 30. The van der Waals surface area contributed by atoms with Crippen LogP contribution in [0.25, 0.3) is 54.6 Å². The summed E-state index contributed by atoms with van der Waals surface area (Å²) in [5.41, 5.74) is 2.54. The number of hydrogen-bond acceptors (Lipinski definition) is 12. The first-order chi connectivity index (χ1) is 37.3. The molecule has 5 aromatic carbocycles. The molecule has 21 nitrogen and oxygen atoms in total. The van der Waals surface area contributed by atoms with Gasteiger partial charge in [-0.05, 0) is 140 Å². The Bertz CT molecular complexity index is 3320. The molecule has 0 saturated carbocycles. The average Bonchev–Trinajstić information content (AvgIpc) is 3.53. The number of nitrogens with one attached hydrogen (secondary N) is 5. The highest BCUT2D eigenvalue weighted by Gasteiger charge is 2.26. The summed E-state index contributed by atoms with van der Waals surface area (Å²) in [7, 11) is 0. The number of thiocarbonyl (C=S) groups is 1. The van der Waals surface area contributed by atoms with E-state index in [1.54, 1.807) is 42.5 Å². The minimum absolute atomic E-state index is 0.00914. The zero-order chi connectivity index (χ0) is 56.5. The maximum absolute atomic E-state index is 12.8. The third-order valence-corrected chi connectivity index (χ3v) is 13.4. The number of fused-ring (bicyclic) bond motifs is 6. The van der Waals surface area contributed by atoms with Gasteiger partial charge < -0.3 is 61.6 Å². The summed E-state index contributed by atoms with van der Waals surface area (Å²) >= 11 is 5.71. The Labute approximate surface area is 451 Å². The van der Waals surface area contributed by atoms with E-state index in [1.165, 1.54) is 18.2 Å². The standard InChI is InChI=1S/C56H61N5O16S/c62-34-16-21-36-32(29-34)14-19-39-49(40-20-15-33-30-35(63)17-22-37(33)51(40)77-50(36)39)41-27-31(13-18-38(41)52(68)69)28-47(78)58-26-8-6-9-42(53(70)71)59-46(65)12-4-2-1-3-11-45(64)57-25-7-5-10-43(54(72)73)60-56(76)61-44(55(74)75)23-24-48(66)67/h13-22,27,29-30,42-44,62H,1-12,23-26,28H2,(H,57,64)(H,58,78)(H,59,65)(H,66,67)(H,68,69)(H,70,71)(H,72,73)(H,74,75)(H2,60,61,76)/t42?,43-,44-/m0/s1. The van der Waals surface area contributed by atoms with E-state index in [4.69, 9.17) is 21.7 Å². The lowest BCUT2D eigenvalue weighted by atomic mass is 9.89. The Morgan fingerprint density at radius 1 is 0.526 bits per heavy atom. The van der Waals surface area contributed by atoms with E-state index in [0.717, 1.165) is 5.56 Å². The molecule has 0 aliphatic heterocycles. The normalized spacial score (nSPS) is 12.4. The number of carboxylic acid groups (broad SMARTS) is 5. The maximum atomic E-state index is 12.8. The summed E-state index contributed by atoms with van der Waals surface area (Å²) in [5.74, 6) is -6.93. The van der Waals surface area contributed by atoms with Crippen LogP contribution in [0.15, 0.2) is 88.1 Å². The van der Waals surface area contributed by atoms with Crippen LogP contribution in [0.2, 0.25) is 0 Å². The second-order valence-electron chi connectivity index (χ2n) is 18.9. The van der Waals surface area contributed by atoms with Crippen molar-refractivity contribution >= 4 is 108 Å². The molecule has 6 rings (SSSR count). The molecule has 0 bridgehead atoms. The molecule has 1 heterocycles. The van der Waals surface area contributed by atoms with Gasteiger partial charge in [-0.15, -0.1) is 0 Å². The van der Waals surface area contributed by atoms with Crippen molar-refractivity contribution in [2.75, 3.05) is 13.1 Å². The van der Waals surface area contributed by atoms with E-state index in [1.807, 2.05) is 18.2 Å². The molecule has 0 saturated heterocycles. The van der Waals surface area contributed by atoms with Gasteiger partial charge in [-0.3, -0.25) is 19.2 Å². The van der Waals surface area contributed by atoms with Gasteiger partial charge in [0.15, 0.2) is 5.43 Å². The molecule has 0 radical (unpaired) electrons. The number of hydrogen-bond donors (Lipinski definition) is 11. The number of aromatic hydroxyl groups is 1. The summed E-state index contributed by atoms with van der Waals surface area (Å²) in [5, 5.41) is 74.7. The number of urea groups is 1. The van der Waals surface area contributed by atoms with Gasteiger partial charge in [0.2, 0.25) is 11.8 Å². The van der Waals surface area contributed by atoms with Crippen LogP contribution in [0.4, 0.5) is 4.79 Å². The first-order valence-electron chi connectivity index (χ1n) is 25.5. The van der Waals surface area contributed by atoms with Gasteiger partial charge in [-0.2, -0.15) is 0 Å². The number of carboxylic acids is 5. The minimum atomic E-state index is -1.52. The van der Waals surface area contributed by atoms with Crippen molar-refractivity contribution in [2.45, 2.75) is 114 Å². The number of carbonyl (C=O) groups excluding carboxylic acids is 3. The van der Waals surface area contributed by atoms with E-state index < -0.39 is 66.3 Å². The van der Waals surface area contributed by atoms with Crippen molar-refractivity contribution in [3.05, 3.63) is 100 Å². The predicted molar refractivity (Wildman–Crippen MR) is 293 cm³/mol. The first-order valence-corrected chi connectivity index (χ1v) is 25.9. The minimum Gasteiger partial charge on any atom is -0.508 e. The van der Waals surface area contributed by atoms with Crippen molar-refractivity contribution in [1.29, 1.82) is 0 Å². The molecule has 0 fully saturated rings. The van der Waals surface area contributed by atoms with Gasteiger partial charge in [-0.1, -0.05) is 43.3 Å². The molecule has 4 amide bonds. The molecule has 1 aromatic heterocycles. The van der Waals surface area contributed by atoms with E-state index in [9.17, 15) is 68.7 Å². The highest BCUT2D eigenvalue weighted by Crippen LogP contribution is 2.43. The fraction of sp³-hybridized carbons (Fsp3) is 0.357. The molecule has 6 aromatic rings. The summed E-state index contributed by atoms with van der Waals surface area (Å²) in [6.07, 6.45) is 3.85. The smallest absolute Gasteiger partial charge is 0.336 e. The monoisotopic (exact) mass is 1090 g/mol. The van der Waals surface area contributed by atoms with E-state index in [2.05, 4.69) is 26.6 Å². The van der Waals surface area contributed by atoms with E-state index in [-0.39, 0.29) is 67.7 Å². The molecular formula is C56H61N5O16S. The van der Waals surface area contributed by atoms with Crippen molar-refractivity contribution in [1.82, 2.24) is 26.6 Å². The predicted octanol–water partition coefficient (Wildman–Crippen LogP) is 7.22. The lowest BCUT2D eigenvalue weighted by Crippen LogP contribution is -2.51. The van der Waals surface area contributed by atoms with Crippen LogP contribution >= 0.6 is 12.2 Å². The number of carbonyl (C=O) groups is 8. The molecule has 0 aliphatic carbocycles. The third kappa shape index (κ3) is 16.4. The molecule has 412 valence electrons. The van der Waals surface area contributed by atoms with Crippen LogP contribution in [0.1, 0.15) is 106 Å². The number of unbranched alkanes of at least 4 members (excludes halogenated alkanes) is 5. The topological polar surface area (TPSA) is 348 Å². The number of phenols is 1. The fourth-order valence-corrected chi connectivity index (χ4v) is 9.41. The molecule has 3 atom stereocenters. The number of amides is 4. The largest absolute Gasteiger partial charge is 0.508 e. The lowest BCUT2D eigenvalue weighted by Gasteiger charge is -2.18. The molecular weight excluding hydrogens is 1030 g/mol. The number of aromatic carboxylic acids is 1. The second kappa shape index (κ2) is 27.9. The molecule has 11 N–H and O–H groups in total. The Morgan fingerprint density at radius 2 is 1.06 bits per heavy atom. The quantitative estimate of drug-likeness (QED) is 0.00917. The number of aliphatic carboxylic acids is 4. The van der Waals surface area contributed by atoms with E-state index in [0.29, 0.717) is 118 Å². The van der Waals surface area contributed by atoms with Crippen LogP contribution in [-0.2, 0) is 35.2 Å². The number of phenolic OH excluding ortho intramolecular Hbond substituents is 1. The molecule has 0 aliphatic rings. The molecule has 22 heteroatoms. The Balaban J connectivity index is 0.911. The van der Waals surface area contributed by atoms with Crippen molar-refractivity contribution < 1.29 is 73.4 Å². The summed E-state index contributed by atoms with van der Waals surface area (Å²) in [6.45, 7) is 0.666. The first kappa shape index (κ1) is 58.6.